The van der Waals surface area contributed by atoms with Gasteiger partial charge in [0, 0.05) is 11.7 Å². The molecule has 70 valence electrons. The second-order valence-electron chi connectivity index (χ2n) is 3.20. The highest BCUT2D eigenvalue weighted by Crippen LogP contribution is 2.15. The van der Waals surface area contributed by atoms with E-state index in [9.17, 15) is 0 Å². The third kappa shape index (κ3) is 4.44. The van der Waals surface area contributed by atoms with Crippen molar-refractivity contribution in [2.45, 2.75) is 25.5 Å². The predicted octanol–water partition coefficient (Wildman–Crippen LogP) is 3.70. The molecule has 0 aliphatic heterocycles. The van der Waals surface area contributed by atoms with Crippen molar-refractivity contribution in [2.24, 2.45) is 0 Å². The van der Waals surface area contributed by atoms with Crippen molar-refractivity contribution in [2.75, 3.05) is 0 Å². The van der Waals surface area contributed by atoms with Crippen LogP contribution >= 0.6 is 24.0 Å². The van der Waals surface area contributed by atoms with Gasteiger partial charge in [-0.05, 0) is 5.56 Å². The van der Waals surface area contributed by atoms with Gasteiger partial charge >= 0.3 is 0 Å². The SMILES string of the molecule is CC(C)SC(=S)Cc1ccccc1. The molecule has 2 heteroatoms. The van der Waals surface area contributed by atoms with Crippen LogP contribution in [0.3, 0.4) is 0 Å². The Morgan fingerprint density at radius 3 is 2.46 bits per heavy atom. The van der Waals surface area contributed by atoms with Crippen LogP contribution in [0.2, 0.25) is 0 Å². The highest BCUT2D eigenvalue weighted by atomic mass is 32.2. The first-order valence-electron chi connectivity index (χ1n) is 4.42. The van der Waals surface area contributed by atoms with Crippen molar-refractivity contribution < 1.29 is 0 Å². The van der Waals surface area contributed by atoms with E-state index in [2.05, 4.69) is 38.1 Å². The molecule has 0 N–H and O–H groups in total. The molecule has 0 saturated carbocycles. The average Bonchev–Trinajstić information content (AvgIpc) is 2.04. The molecule has 0 atom stereocenters. The molecule has 0 fully saturated rings. The molecule has 0 aliphatic carbocycles. The Morgan fingerprint density at radius 1 is 1.31 bits per heavy atom. The van der Waals surface area contributed by atoms with Crippen LogP contribution in [0, 0.1) is 0 Å². The van der Waals surface area contributed by atoms with Gasteiger partial charge < -0.3 is 0 Å². The molecule has 0 aromatic heterocycles. The van der Waals surface area contributed by atoms with Crippen molar-refractivity contribution in [1.82, 2.24) is 0 Å². The number of hydrogen-bond acceptors (Lipinski definition) is 2. The van der Waals surface area contributed by atoms with E-state index in [-0.39, 0.29) is 0 Å². The van der Waals surface area contributed by atoms with Crippen molar-refractivity contribution in [3.8, 4) is 0 Å². The minimum Gasteiger partial charge on any atom is -0.116 e. The zero-order valence-electron chi connectivity index (χ0n) is 7.99. The fraction of sp³-hybridized carbons (Fsp3) is 0.364. The van der Waals surface area contributed by atoms with Crippen LogP contribution in [-0.2, 0) is 6.42 Å². The Morgan fingerprint density at radius 2 is 1.92 bits per heavy atom. The Kier molecular flexibility index (Phi) is 4.46. The fourth-order valence-corrected chi connectivity index (χ4v) is 2.59. The summed E-state index contributed by atoms with van der Waals surface area (Å²) in [5.41, 5.74) is 1.31. The molecule has 0 saturated heterocycles. The number of thiocarbonyl (C=S) groups is 1. The highest BCUT2D eigenvalue weighted by molar-refractivity contribution is 8.23. The Labute approximate surface area is 89.7 Å². The first-order chi connectivity index (χ1) is 6.18. The Balaban J connectivity index is 2.46. The molecule has 0 unspecified atom stereocenters. The lowest BCUT2D eigenvalue weighted by Crippen LogP contribution is -1.99. The van der Waals surface area contributed by atoms with Crippen molar-refractivity contribution >= 4 is 28.2 Å². The fourth-order valence-electron chi connectivity index (χ4n) is 1.07. The molecule has 1 aromatic carbocycles. The number of rotatable bonds is 3. The minimum atomic E-state index is 0.594. The van der Waals surface area contributed by atoms with Crippen molar-refractivity contribution in [1.29, 1.82) is 0 Å². The van der Waals surface area contributed by atoms with Gasteiger partial charge in [-0.15, -0.1) is 11.8 Å². The summed E-state index contributed by atoms with van der Waals surface area (Å²) in [6.45, 7) is 4.34. The summed E-state index contributed by atoms with van der Waals surface area (Å²) in [7, 11) is 0. The van der Waals surface area contributed by atoms with Gasteiger partial charge in [0.1, 0.15) is 0 Å². The molecule has 0 bridgehead atoms. The summed E-state index contributed by atoms with van der Waals surface area (Å²) in [6.07, 6.45) is 0.916. The van der Waals surface area contributed by atoms with E-state index >= 15 is 0 Å². The number of benzene rings is 1. The summed E-state index contributed by atoms with van der Waals surface area (Å²) >= 11 is 7.06. The van der Waals surface area contributed by atoms with Crippen LogP contribution in [0.25, 0.3) is 0 Å². The Hall–Kier alpha value is -0.340. The maximum absolute atomic E-state index is 5.28. The molecule has 1 rings (SSSR count). The van der Waals surface area contributed by atoms with Gasteiger partial charge in [0.25, 0.3) is 0 Å². The maximum atomic E-state index is 5.28. The van der Waals surface area contributed by atoms with Crippen LogP contribution in [0.1, 0.15) is 19.4 Å². The highest BCUT2D eigenvalue weighted by Gasteiger charge is 2.02. The molecular weight excluding hydrogens is 196 g/mol. The van der Waals surface area contributed by atoms with Gasteiger partial charge in [0.15, 0.2) is 0 Å². The molecule has 0 radical (unpaired) electrons. The van der Waals surface area contributed by atoms with E-state index in [0.29, 0.717) is 5.25 Å². The molecule has 0 aliphatic rings. The van der Waals surface area contributed by atoms with E-state index in [0.717, 1.165) is 10.6 Å². The first-order valence-corrected chi connectivity index (χ1v) is 5.70. The molecule has 0 nitrogen and oxygen atoms in total. The first kappa shape index (κ1) is 10.7. The van der Waals surface area contributed by atoms with Crippen LogP contribution in [0.5, 0.6) is 0 Å². The molecule has 0 spiro atoms. The van der Waals surface area contributed by atoms with Crippen molar-refractivity contribution in [3.05, 3.63) is 35.9 Å². The van der Waals surface area contributed by atoms with E-state index in [4.69, 9.17) is 12.2 Å². The third-order valence-electron chi connectivity index (χ3n) is 1.56. The predicted molar refractivity (Wildman–Crippen MR) is 65.5 cm³/mol. The maximum Gasteiger partial charge on any atom is 0.0524 e. The lowest BCUT2D eigenvalue weighted by molar-refractivity contribution is 1.12. The quantitative estimate of drug-likeness (QED) is 0.698. The van der Waals surface area contributed by atoms with Crippen LogP contribution < -0.4 is 0 Å². The normalized spacial score (nSPS) is 10.4. The standard InChI is InChI=1S/C11H14S2/c1-9(2)13-11(12)8-10-6-4-3-5-7-10/h3-7,9H,8H2,1-2H3. The lowest BCUT2D eigenvalue weighted by atomic mass is 10.2. The van der Waals surface area contributed by atoms with E-state index in [1.165, 1.54) is 5.56 Å². The molecule has 1 aromatic rings. The van der Waals surface area contributed by atoms with E-state index < -0.39 is 0 Å². The third-order valence-corrected chi connectivity index (χ3v) is 2.87. The van der Waals surface area contributed by atoms with Crippen LogP contribution in [0.15, 0.2) is 30.3 Å². The summed E-state index contributed by atoms with van der Waals surface area (Å²) in [5, 5.41) is 0.594. The molecule has 0 amide bonds. The summed E-state index contributed by atoms with van der Waals surface area (Å²) < 4.78 is 1.08. The smallest absolute Gasteiger partial charge is 0.0524 e. The Bertz CT molecular complexity index is 265. The average molecular weight is 210 g/mol. The van der Waals surface area contributed by atoms with Crippen LogP contribution in [0.4, 0.5) is 0 Å². The lowest BCUT2D eigenvalue weighted by Gasteiger charge is -2.05. The van der Waals surface area contributed by atoms with Gasteiger partial charge in [-0.3, -0.25) is 0 Å². The second-order valence-corrected chi connectivity index (χ2v) is 5.62. The zero-order valence-corrected chi connectivity index (χ0v) is 9.62. The van der Waals surface area contributed by atoms with Gasteiger partial charge in [-0.2, -0.15) is 0 Å². The zero-order chi connectivity index (χ0) is 9.68. The van der Waals surface area contributed by atoms with E-state index in [1.54, 1.807) is 11.8 Å². The summed E-state index contributed by atoms with van der Waals surface area (Å²) in [4.78, 5) is 0. The largest absolute Gasteiger partial charge is 0.116 e. The van der Waals surface area contributed by atoms with Crippen molar-refractivity contribution in [3.63, 3.8) is 0 Å². The number of hydrogen-bond donors (Lipinski definition) is 0. The van der Waals surface area contributed by atoms with Gasteiger partial charge in [0.05, 0.1) is 4.20 Å². The van der Waals surface area contributed by atoms with Gasteiger partial charge in [0.2, 0.25) is 0 Å². The van der Waals surface area contributed by atoms with Gasteiger partial charge in [-0.25, -0.2) is 0 Å². The summed E-state index contributed by atoms with van der Waals surface area (Å²) in [5.74, 6) is 0. The van der Waals surface area contributed by atoms with E-state index in [1.807, 2.05) is 6.07 Å². The molecule has 13 heavy (non-hydrogen) atoms. The second kappa shape index (κ2) is 5.40. The number of thioether (sulfide) groups is 1. The van der Waals surface area contributed by atoms with Crippen LogP contribution in [-0.4, -0.2) is 9.45 Å². The minimum absolute atomic E-state index is 0.594. The molecular formula is C11H14S2. The summed E-state index contributed by atoms with van der Waals surface area (Å²) in [6, 6.07) is 10.4. The topological polar surface area (TPSA) is 0 Å². The van der Waals surface area contributed by atoms with Gasteiger partial charge in [-0.1, -0.05) is 56.4 Å². The molecule has 0 heterocycles. The monoisotopic (exact) mass is 210 g/mol.